The zero-order chi connectivity index (χ0) is 28.1. The average molecular weight is 565 g/mol. The molecule has 0 radical (unpaired) electrons. The zero-order valence-electron chi connectivity index (χ0n) is 20.8. The number of hydrogen-bond donors (Lipinski definition) is 3. The van der Waals surface area contributed by atoms with Gasteiger partial charge in [-0.25, -0.2) is 9.59 Å². The van der Waals surface area contributed by atoms with Crippen LogP contribution in [0.2, 0.25) is 5.02 Å². The third-order valence-electron chi connectivity index (χ3n) is 5.11. The van der Waals surface area contributed by atoms with Crippen molar-refractivity contribution < 1.29 is 36.8 Å². The molecule has 1 atom stereocenters. The number of carbonyl (C=O) groups excluding carboxylic acids is 2. The number of allylic oxidation sites excluding steroid dienone is 2. The summed E-state index contributed by atoms with van der Waals surface area (Å²) in [6, 6.07) is 14.5. The topological polar surface area (TPSA) is 154 Å². The number of ether oxygens (including phenoxy) is 3. The summed E-state index contributed by atoms with van der Waals surface area (Å²) < 4.78 is 45.6. The van der Waals surface area contributed by atoms with Crippen LogP contribution in [0, 0.1) is 0 Å². The second-order valence-electron chi connectivity index (χ2n) is 7.57. The maximum atomic E-state index is 12.9. The quantitative estimate of drug-likeness (QED) is 0.170. The van der Waals surface area contributed by atoms with Crippen LogP contribution in [0.4, 0.5) is 0 Å². The molecule has 1 unspecified atom stereocenters. The van der Waals surface area contributed by atoms with Crippen LogP contribution in [-0.2, 0) is 33.9 Å². The van der Waals surface area contributed by atoms with Crippen LogP contribution in [-0.4, -0.2) is 58.4 Å². The number of nitrogens with two attached hydrogens (primary N) is 1. The molecule has 38 heavy (non-hydrogen) atoms. The van der Waals surface area contributed by atoms with Gasteiger partial charge in [0.05, 0.1) is 54.7 Å². The largest absolute Gasteiger partial charge is 0.498 e. The van der Waals surface area contributed by atoms with Gasteiger partial charge in [-0.15, -0.1) is 0 Å². The molecule has 2 aromatic rings. The Kier molecular flexibility index (Phi) is 12.2. The van der Waals surface area contributed by atoms with E-state index >= 15 is 0 Å². The Labute approximate surface area is 226 Å². The van der Waals surface area contributed by atoms with E-state index in [-0.39, 0.29) is 18.1 Å². The highest BCUT2D eigenvalue weighted by atomic mass is 35.5. The Balaban J connectivity index is 0.000000423. The van der Waals surface area contributed by atoms with Gasteiger partial charge in [0, 0.05) is 17.6 Å². The number of carbonyl (C=O) groups is 1. The first-order valence-electron chi connectivity index (χ1n) is 11.4. The fourth-order valence-electron chi connectivity index (χ4n) is 3.57. The molecule has 0 fully saturated rings. The first-order chi connectivity index (χ1) is 18.2. The highest BCUT2D eigenvalue weighted by Crippen LogP contribution is 2.41. The number of methoxy groups -OCH3 is 1. The molecule has 0 aromatic heterocycles. The lowest BCUT2D eigenvalue weighted by atomic mass is 9.84. The molecule has 2 aromatic carbocycles. The van der Waals surface area contributed by atoms with Crippen LogP contribution in [0.1, 0.15) is 18.4 Å². The second kappa shape index (κ2) is 15.1. The van der Waals surface area contributed by atoms with Crippen molar-refractivity contribution in [1.29, 1.82) is 0 Å². The lowest BCUT2D eigenvalue weighted by Gasteiger charge is -2.31. The SMILES string of the molecule is CCOC(=O)C1=C(COCCN)NC(C=C=O)=C(OC)C1c1ccccc1Cl.O=S(=O)(O)c1ccccc1. The summed E-state index contributed by atoms with van der Waals surface area (Å²) in [7, 11) is -2.55. The van der Waals surface area contributed by atoms with Crippen molar-refractivity contribution in [1.82, 2.24) is 5.32 Å². The molecule has 4 N–H and O–H groups in total. The molecule has 0 spiro atoms. The van der Waals surface area contributed by atoms with Crippen LogP contribution in [0.15, 0.2) is 88.3 Å². The lowest BCUT2D eigenvalue weighted by Crippen LogP contribution is -2.33. The highest BCUT2D eigenvalue weighted by molar-refractivity contribution is 7.85. The summed E-state index contributed by atoms with van der Waals surface area (Å²) in [6.07, 6.45) is 1.20. The Hall–Kier alpha value is -3.44. The number of dihydropyridines is 1. The van der Waals surface area contributed by atoms with Gasteiger partial charge < -0.3 is 25.3 Å². The number of halogens is 1. The summed E-state index contributed by atoms with van der Waals surface area (Å²) >= 11 is 6.42. The summed E-state index contributed by atoms with van der Waals surface area (Å²) in [5.41, 5.74) is 7.23. The molecule has 0 saturated carbocycles. The van der Waals surface area contributed by atoms with Crippen LogP contribution in [0.25, 0.3) is 0 Å². The molecule has 204 valence electrons. The smallest absolute Gasteiger partial charge is 0.336 e. The van der Waals surface area contributed by atoms with Crippen molar-refractivity contribution in [2.45, 2.75) is 17.7 Å². The van der Waals surface area contributed by atoms with Gasteiger partial charge in [0.1, 0.15) is 11.7 Å². The van der Waals surface area contributed by atoms with Crippen LogP contribution >= 0.6 is 11.6 Å². The molecule has 0 saturated heterocycles. The molecule has 0 bridgehead atoms. The van der Waals surface area contributed by atoms with Gasteiger partial charge in [0.2, 0.25) is 0 Å². The van der Waals surface area contributed by atoms with Crippen LogP contribution in [0.3, 0.4) is 0 Å². The third kappa shape index (κ3) is 8.29. The number of hydrogen-bond acceptors (Lipinski definition) is 9. The van der Waals surface area contributed by atoms with E-state index in [0.29, 0.717) is 46.5 Å². The minimum absolute atomic E-state index is 0.0689. The predicted molar refractivity (Wildman–Crippen MR) is 141 cm³/mol. The van der Waals surface area contributed by atoms with Gasteiger partial charge >= 0.3 is 5.97 Å². The Morgan fingerprint density at radius 3 is 2.37 bits per heavy atom. The Morgan fingerprint density at radius 2 is 1.84 bits per heavy atom. The van der Waals surface area contributed by atoms with Crippen LogP contribution in [0.5, 0.6) is 0 Å². The maximum absolute atomic E-state index is 12.9. The molecule has 12 heteroatoms. The standard InChI is InChI=1S/C20H23ClN2O5.C6H6O3S/c1-3-28-20(25)18-16(12-27-11-9-22)23-15(8-10-24)19(26-2)17(18)13-6-4-5-7-14(13)21;7-10(8,9)6-4-2-1-3-5-6/h4-8,17,23H,3,9,11-12,22H2,1-2H3;1-5H,(H,7,8,9). The fourth-order valence-corrected chi connectivity index (χ4v) is 4.31. The number of rotatable bonds is 10. The molecular formula is C26H29ClN2O8S. The van der Waals surface area contributed by atoms with Gasteiger partial charge in [0.15, 0.2) is 0 Å². The van der Waals surface area contributed by atoms with E-state index < -0.39 is 22.0 Å². The summed E-state index contributed by atoms with van der Waals surface area (Å²) in [5, 5.41) is 3.48. The van der Waals surface area contributed by atoms with E-state index in [9.17, 15) is 18.0 Å². The van der Waals surface area contributed by atoms with Crippen molar-refractivity contribution >= 4 is 33.6 Å². The highest BCUT2D eigenvalue weighted by Gasteiger charge is 2.37. The predicted octanol–water partition coefficient (Wildman–Crippen LogP) is 3.00. The zero-order valence-corrected chi connectivity index (χ0v) is 22.4. The molecule has 3 rings (SSSR count). The average Bonchev–Trinajstić information content (AvgIpc) is 2.89. The summed E-state index contributed by atoms with van der Waals surface area (Å²) in [5.74, 6) is 0.869. The molecular weight excluding hydrogens is 536 g/mol. The molecule has 10 nitrogen and oxygen atoms in total. The number of esters is 1. The second-order valence-corrected chi connectivity index (χ2v) is 9.39. The summed E-state index contributed by atoms with van der Waals surface area (Å²) in [6.45, 7) is 2.62. The van der Waals surface area contributed by atoms with Crippen molar-refractivity contribution in [2.24, 2.45) is 5.73 Å². The van der Waals surface area contributed by atoms with Gasteiger partial charge in [-0.05, 0) is 30.7 Å². The maximum Gasteiger partial charge on any atom is 0.336 e. The molecule has 1 heterocycles. The first kappa shape index (κ1) is 30.8. The van der Waals surface area contributed by atoms with Crippen molar-refractivity contribution in [3.8, 4) is 0 Å². The minimum Gasteiger partial charge on any atom is -0.498 e. The minimum atomic E-state index is -4.00. The van der Waals surface area contributed by atoms with Gasteiger partial charge in [0.25, 0.3) is 10.1 Å². The lowest BCUT2D eigenvalue weighted by molar-refractivity contribution is -0.139. The first-order valence-corrected chi connectivity index (χ1v) is 13.2. The van der Waals surface area contributed by atoms with Crippen molar-refractivity contribution in [2.75, 3.05) is 33.5 Å². The van der Waals surface area contributed by atoms with E-state index in [1.165, 1.54) is 25.3 Å². The number of nitrogens with one attached hydrogen (secondary N) is 1. The van der Waals surface area contributed by atoms with Gasteiger partial charge in [-0.2, -0.15) is 8.42 Å². The van der Waals surface area contributed by atoms with Crippen LogP contribution < -0.4 is 11.1 Å². The van der Waals surface area contributed by atoms with E-state index in [0.717, 1.165) is 0 Å². The monoisotopic (exact) mass is 564 g/mol. The fraction of sp³-hybridized carbons (Fsp3) is 0.269. The van der Waals surface area contributed by atoms with E-state index in [1.807, 2.05) is 0 Å². The van der Waals surface area contributed by atoms with E-state index in [2.05, 4.69) is 5.32 Å². The Morgan fingerprint density at radius 1 is 1.18 bits per heavy atom. The molecule has 1 aliphatic heterocycles. The molecule has 0 amide bonds. The summed E-state index contributed by atoms with van der Waals surface area (Å²) in [4.78, 5) is 23.8. The van der Waals surface area contributed by atoms with E-state index in [4.69, 9.17) is 36.1 Å². The molecule has 1 aliphatic rings. The van der Waals surface area contributed by atoms with Gasteiger partial charge in [-0.3, -0.25) is 4.55 Å². The Bertz CT molecular complexity index is 1320. The van der Waals surface area contributed by atoms with Crippen molar-refractivity contribution in [3.63, 3.8) is 0 Å². The normalized spacial score (nSPS) is 15.0. The van der Waals surface area contributed by atoms with Gasteiger partial charge in [-0.1, -0.05) is 48.0 Å². The number of benzene rings is 2. The third-order valence-corrected chi connectivity index (χ3v) is 6.32. The van der Waals surface area contributed by atoms with E-state index in [1.54, 1.807) is 55.3 Å². The van der Waals surface area contributed by atoms with Crippen molar-refractivity contribution in [3.05, 3.63) is 94.0 Å². The molecule has 0 aliphatic carbocycles.